The molecule has 0 saturated carbocycles. The van der Waals surface area contributed by atoms with Crippen molar-refractivity contribution in [3.63, 3.8) is 0 Å². The number of benzene rings is 3. The third kappa shape index (κ3) is 6.06. The first-order chi connectivity index (χ1) is 15.1. The van der Waals surface area contributed by atoms with E-state index in [1.807, 2.05) is 0 Å². The molecule has 6 N–H and O–H groups in total. The average Bonchev–Trinajstić information content (AvgIpc) is 2.65. The standard InChI is InChI=1S/C18H14O6S.CHF3O3S/c19-10-6-13(21)17(14(22)7-10)25(12-4-2-1-3-5-12)18-15(23)8-11(20)9-16(18)24;2-1(3,4)8(5,6)7/h1-9H,(H5-,19,20,21,22,23,24);(H,5,6,7). The van der Waals surface area contributed by atoms with Crippen LogP contribution in [-0.2, 0) is 21.0 Å². The Morgan fingerprint density at radius 1 is 0.697 bits per heavy atom. The maximum absolute atomic E-state index is 10.7. The summed E-state index contributed by atoms with van der Waals surface area (Å²) in [5, 5.41) is 60.2. The van der Waals surface area contributed by atoms with Crippen LogP contribution in [0.5, 0.6) is 34.5 Å². The van der Waals surface area contributed by atoms with Crippen molar-refractivity contribution in [3.05, 3.63) is 54.6 Å². The van der Waals surface area contributed by atoms with Gasteiger partial charge in [-0.1, -0.05) is 18.2 Å². The fourth-order valence-corrected chi connectivity index (χ4v) is 4.66. The van der Waals surface area contributed by atoms with E-state index in [4.69, 9.17) is 13.0 Å². The molecule has 3 rings (SSSR count). The highest BCUT2D eigenvalue weighted by molar-refractivity contribution is 7.97. The van der Waals surface area contributed by atoms with Crippen LogP contribution >= 0.6 is 0 Å². The molecule has 0 radical (unpaired) electrons. The van der Waals surface area contributed by atoms with Crippen LogP contribution in [0.2, 0.25) is 0 Å². The number of aromatic hydroxyl groups is 6. The van der Waals surface area contributed by atoms with Gasteiger partial charge < -0.3 is 35.2 Å². The number of phenols is 6. The van der Waals surface area contributed by atoms with Crippen molar-refractivity contribution in [3.8, 4) is 34.5 Å². The van der Waals surface area contributed by atoms with Crippen LogP contribution in [0.3, 0.4) is 0 Å². The first-order valence-electron chi connectivity index (χ1n) is 8.45. The maximum Gasteiger partial charge on any atom is 0.485 e. The molecular formula is C19H15F3O9S2. The molecule has 33 heavy (non-hydrogen) atoms. The molecule has 0 heterocycles. The third-order valence-corrected chi connectivity index (χ3v) is 6.70. The summed E-state index contributed by atoms with van der Waals surface area (Å²) >= 11 is 0. The smallest absolute Gasteiger partial charge is 0.485 e. The molecule has 0 fully saturated rings. The highest BCUT2D eigenvalue weighted by Crippen LogP contribution is 2.49. The summed E-state index contributed by atoms with van der Waals surface area (Å²) in [6, 6.07) is 12.9. The van der Waals surface area contributed by atoms with Gasteiger partial charge in [-0.2, -0.15) is 13.2 Å². The van der Waals surface area contributed by atoms with Gasteiger partial charge in [0.15, 0.2) is 38.0 Å². The van der Waals surface area contributed by atoms with E-state index in [0.29, 0.717) is 4.90 Å². The van der Waals surface area contributed by atoms with Crippen LogP contribution in [0.25, 0.3) is 0 Å². The number of phenolic OH excluding ortho intramolecular Hbond substituents is 6. The first kappa shape index (κ1) is 25.8. The lowest BCUT2D eigenvalue weighted by Crippen LogP contribution is -2.21. The maximum atomic E-state index is 10.7. The van der Waals surface area contributed by atoms with Crippen molar-refractivity contribution in [2.45, 2.75) is 20.2 Å². The van der Waals surface area contributed by atoms with E-state index in [0.717, 1.165) is 24.3 Å². The molecule has 3 aromatic carbocycles. The lowest BCUT2D eigenvalue weighted by atomic mass is 10.3. The monoisotopic (exact) mass is 508 g/mol. The molecule has 0 unspecified atom stereocenters. The molecule has 14 heteroatoms. The highest BCUT2D eigenvalue weighted by Gasteiger charge is 2.40. The van der Waals surface area contributed by atoms with E-state index < -0.39 is 49.5 Å². The lowest BCUT2D eigenvalue weighted by Gasteiger charge is -2.13. The van der Waals surface area contributed by atoms with Gasteiger partial charge in [0.1, 0.15) is 22.4 Å². The molecule has 0 bridgehead atoms. The Labute approximate surface area is 187 Å². The summed E-state index contributed by atoms with van der Waals surface area (Å²) in [4.78, 5) is 0.649. The number of rotatable bonds is 3. The van der Waals surface area contributed by atoms with E-state index in [2.05, 4.69) is 0 Å². The molecule has 0 aliphatic rings. The van der Waals surface area contributed by atoms with Crippen molar-refractivity contribution in [1.82, 2.24) is 0 Å². The minimum Gasteiger partial charge on any atom is -0.741 e. The van der Waals surface area contributed by atoms with Crippen molar-refractivity contribution < 1.29 is 56.8 Å². The second-order valence-electron chi connectivity index (χ2n) is 6.15. The van der Waals surface area contributed by atoms with Crippen molar-refractivity contribution in [2.24, 2.45) is 0 Å². The van der Waals surface area contributed by atoms with Gasteiger partial charge in [-0.05, 0) is 12.1 Å². The Kier molecular flexibility index (Phi) is 7.46. The molecule has 0 spiro atoms. The van der Waals surface area contributed by atoms with Crippen molar-refractivity contribution in [1.29, 1.82) is 0 Å². The Bertz CT molecular complexity index is 1140. The van der Waals surface area contributed by atoms with Crippen LogP contribution < -0.4 is 0 Å². The Morgan fingerprint density at radius 3 is 1.27 bits per heavy atom. The van der Waals surface area contributed by atoms with E-state index in [-0.39, 0.29) is 21.3 Å². The second kappa shape index (κ2) is 9.56. The highest BCUT2D eigenvalue weighted by atomic mass is 32.2. The molecule has 0 atom stereocenters. The van der Waals surface area contributed by atoms with E-state index in [1.165, 1.54) is 0 Å². The number of hydrogen-bond donors (Lipinski definition) is 6. The Hall–Kier alpha value is -3.49. The molecule has 3 aromatic rings. The molecule has 0 aliphatic carbocycles. The SMILES string of the molecule is O=S(=O)([O-])C(F)(F)F.Oc1cc(O)c([S+](c2ccccc2)c2c(O)cc(O)cc2O)c(O)c1. The van der Waals surface area contributed by atoms with E-state index in [1.54, 1.807) is 30.3 Å². The zero-order valence-electron chi connectivity index (χ0n) is 16.1. The molecule has 9 nitrogen and oxygen atoms in total. The van der Waals surface area contributed by atoms with Crippen LogP contribution in [0.15, 0.2) is 69.3 Å². The van der Waals surface area contributed by atoms with Gasteiger partial charge in [-0.3, -0.25) is 0 Å². The zero-order valence-corrected chi connectivity index (χ0v) is 17.7. The second-order valence-corrected chi connectivity index (χ2v) is 9.42. The predicted octanol–water partition coefficient (Wildman–Crippen LogP) is 3.07. The fraction of sp³-hybridized carbons (Fsp3) is 0.0526. The summed E-state index contributed by atoms with van der Waals surface area (Å²) in [5.74, 6) is -2.22. The number of hydrogen-bond acceptors (Lipinski definition) is 9. The molecule has 0 aromatic heterocycles. The lowest BCUT2D eigenvalue weighted by molar-refractivity contribution is -0.0517. The topological polar surface area (TPSA) is 179 Å². The van der Waals surface area contributed by atoms with Crippen LogP contribution in [0.1, 0.15) is 0 Å². The molecular weight excluding hydrogens is 493 g/mol. The predicted molar refractivity (Wildman–Crippen MR) is 107 cm³/mol. The quantitative estimate of drug-likeness (QED) is 0.176. The zero-order chi connectivity index (χ0) is 25.1. The largest absolute Gasteiger partial charge is 0.741 e. The van der Waals surface area contributed by atoms with Crippen LogP contribution in [0.4, 0.5) is 13.2 Å². The minimum atomic E-state index is -6.09. The van der Waals surface area contributed by atoms with Gasteiger partial charge in [-0.25, -0.2) is 8.42 Å². The summed E-state index contributed by atoms with van der Waals surface area (Å²) in [6.07, 6.45) is 0. The van der Waals surface area contributed by atoms with Crippen LogP contribution in [-0.4, -0.2) is 49.1 Å². The summed E-state index contributed by atoms with van der Waals surface area (Å²) < 4.78 is 58.9. The molecule has 0 amide bonds. The molecule has 178 valence electrons. The molecule has 0 aliphatic heterocycles. The number of halogens is 3. The molecule has 0 saturated heterocycles. The van der Waals surface area contributed by atoms with Gasteiger partial charge in [0.2, 0.25) is 9.79 Å². The summed E-state index contributed by atoms with van der Waals surface area (Å²) in [6.45, 7) is 0. The minimum absolute atomic E-state index is 0.0280. The third-order valence-electron chi connectivity index (χ3n) is 3.74. The van der Waals surface area contributed by atoms with Gasteiger partial charge >= 0.3 is 5.51 Å². The van der Waals surface area contributed by atoms with Gasteiger partial charge in [0, 0.05) is 24.3 Å². The number of alkyl halides is 3. The van der Waals surface area contributed by atoms with E-state index in [9.17, 15) is 43.8 Å². The summed E-state index contributed by atoms with van der Waals surface area (Å²) in [7, 11) is -7.39. The Balaban J connectivity index is 0.000000414. The van der Waals surface area contributed by atoms with Crippen molar-refractivity contribution >= 4 is 21.0 Å². The van der Waals surface area contributed by atoms with Crippen molar-refractivity contribution in [2.75, 3.05) is 0 Å². The first-order valence-corrected chi connectivity index (χ1v) is 11.1. The Morgan fingerprint density at radius 2 is 1.00 bits per heavy atom. The van der Waals surface area contributed by atoms with Gasteiger partial charge in [0.25, 0.3) is 0 Å². The van der Waals surface area contributed by atoms with E-state index >= 15 is 0 Å². The van der Waals surface area contributed by atoms with Gasteiger partial charge in [-0.15, -0.1) is 0 Å². The normalized spacial score (nSPS) is 11.7. The summed E-state index contributed by atoms with van der Waals surface area (Å²) in [5.41, 5.74) is -5.65. The average molecular weight is 508 g/mol. The van der Waals surface area contributed by atoms with Crippen LogP contribution in [0, 0.1) is 0 Å². The van der Waals surface area contributed by atoms with Gasteiger partial charge in [0.05, 0.1) is 0 Å². The fourth-order valence-electron chi connectivity index (χ4n) is 2.48.